The molecule has 0 saturated carbocycles. The van der Waals surface area contributed by atoms with Crippen molar-refractivity contribution in [3.05, 3.63) is 53.9 Å². The van der Waals surface area contributed by atoms with Crippen molar-refractivity contribution in [1.29, 1.82) is 0 Å². The number of nitrogens with zero attached hydrogens (tertiary/aromatic N) is 3. The molecule has 1 aliphatic heterocycles. The summed E-state index contributed by atoms with van der Waals surface area (Å²) in [5.74, 6) is 0.612. The Bertz CT molecular complexity index is 643. The molecule has 6 heteroatoms. The van der Waals surface area contributed by atoms with Gasteiger partial charge >= 0.3 is 6.18 Å². The lowest BCUT2D eigenvalue weighted by molar-refractivity contribution is -0.141. The molecule has 1 atom stereocenters. The van der Waals surface area contributed by atoms with Crippen molar-refractivity contribution < 1.29 is 13.2 Å². The lowest BCUT2D eigenvalue weighted by atomic mass is 9.92. The van der Waals surface area contributed by atoms with Gasteiger partial charge in [0.05, 0.1) is 0 Å². The highest BCUT2D eigenvalue weighted by atomic mass is 19.4. The molecule has 0 spiro atoms. The first-order valence-corrected chi connectivity index (χ1v) is 7.74. The molecule has 23 heavy (non-hydrogen) atoms. The van der Waals surface area contributed by atoms with Gasteiger partial charge in [0, 0.05) is 19.3 Å². The highest BCUT2D eigenvalue weighted by Gasteiger charge is 2.33. The minimum atomic E-state index is -4.43. The second kappa shape index (κ2) is 6.56. The Kier molecular flexibility index (Phi) is 4.50. The number of alkyl halides is 3. The summed E-state index contributed by atoms with van der Waals surface area (Å²) < 4.78 is 38.4. The zero-order valence-electron chi connectivity index (χ0n) is 12.6. The first-order valence-electron chi connectivity index (χ1n) is 7.74. The van der Waals surface area contributed by atoms with Crippen molar-refractivity contribution in [3.63, 3.8) is 0 Å². The Balaban J connectivity index is 1.73. The van der Waals surface area contributed by atoms with Crippen LogP contribution < -0.4 is 4.90 Å². The Labute approximate surface area is 133 Å². The number of rotatable bonds is 2. The molecule has 1 fully saturated rings. The molecule has 0 radical (unpaired) electrons. The van der Waals surface area contributed by atoms with Crippen LogP contribution in [0.2, 0.25) is 0 Å². The fraction of sp³-hybridized carbons (Fsp3) is 0.412. The van der Waals surface area contributed by atoms with Crippen molar-refractivity contribution in [2.45, 2.75) is 31.4 Å². The van der Waals surface area contributed by atoms with Crippen molar-refractivity contribution in [2.75, 3.05) is 18.0 Å². The minimum Gasteiger partial charge on any atom is -0.341 e. The molecule has 3 rings (SSSR count). The van der Waals surface area contributed by atoms with E-state index in [-0.39, 0.29) is 5.95 Å². The van der Waals surface area contributed by atoms with Gasteiger partial charge < -0.3 is 4.90 Å². The second-order valence-electron chi connectivity index (χ2n) is 5.77. The maximum absolute atomic E-state index is 12.8. The summed E-state index contributed by atoms with van der Waals surface area (Å²) in [6.07, 6.45) is -0.414. The molecule has 1 unspecified atom stereocenters. The summed E-state index contributed by atoms with van der Waals surface area (Å²) in [7, 11) is 0. The SMILES string of the molecule is FC(F)(F)c1ccnc(N2CCCC(c3ccccc3)CC2)n1. The van der Waals surface area contributed by atoms with Crippen LogP contribution in [-0.4, -0.2) is 23.1 Å². The van der Waals surface area contributed by atoms with Gasteiger partial charge in [-0.25, -0.2) is 9.97 Å². The molecule has 0 bridgehead atoms. The van der Waals surface area contributed by atoms with E-state index >= 15 is 0 Å². The van der Waals surface area contributed by atoms with Gasteiger partial charge in [-0.1, -0.05) is 30.3 Å². The molecule has 0 amide bonds. The zero-order chi connectivity index (χ0) is 16.3. The fourth-order valence-corrected chi connectivity index (χ4v) is 3.01. The van der Waals surface area contributed by atoms with Crippen LogP contribution in [0.15, 0.2) is 42.6 Å². The molecular formula is C17H18F3N3. The maximum Gasteiger partial charge on any atom is 0.433 e. The molecule has 0 N–H and O–H groups in total. The van der Waals surface area contributed by atoms with E-state index in [0.29, 0.717) is 19.0 Å². The van der Waals surface area contributed by atoms with Crippen LogP contribution in [0.1, 0.15) is 36.4 Å². The van der Waals surface area contributed by atoms with Crippen molar-refractivity contribution >= 4 is 5.95 Å². The van der Waals surface area contributed by atoms with Crippen LogP contribution in [0.5, 0.6) is 0 Å². The standard InChI is InChI=1S/C17H18F3N3/c18-17(19,20)15-8-10-21-16(22-15)23-11-4-7-14(9-12-23)13-5-2-1-3-6-13/h1-3,5-6,8,10,14H,4,7,9,11-12H2. The third-order valence-electron chi connectivity index (χ3n) is 4.22. The lowest BCUT2D eigenvalue weighted by Gasteiger charge is -2.21. The van der Waals surface area contributed by atoms with E-state index in [0.717, 1.165) is 25.3 Å². The van der Waals surface area contributed by atoms with Crippen molar-refractivity contribution in [2.24, 2.45) is 0 Å². The van der Waals surface area contributed by atoms with Crippen LogP contribution in [-0.2, 0) is 6.18 Å². The fourth-order valence-electron chi connectivity index (χ4n) is 3.01. The number of halogens is 3. The monoisotopic (exact) mass is 321 g/mol. The Morgan fingerprint density at radius 2 is 1.78 bits per heavy atom. The van der Waals surface area contributed by atoms with Crippen molar-refractivity contribution in [1.82, 2.24) is 9.97 Å². The summed E-state index contributed by atoms with van der Waals surface area (Å²) >= 11 is 0. The number of hydrogen-bond acceptors (Lipinski definition) is 3. The van der Waals surface area contributed by atoms with E-state index in [1.165, 1.54) is 11.8 Å². The average molecular weight is 321 g/mol. The Hall–Kier alpha value is -2.11. The van der Waals surface area contributed by atoms with Gasteiger partial charge in [0.1, 0.15) is 5.69 Å². The molecular weight excluding hydrogens is 303 g/mol. The van der Waals surface area contributed by atoms with Gasteiger partial charge in [-0.2, -0.15) is 13.2 Å². The number of anilines is 1. The minimum absolute atomic E-state index is 0.175. The predicted octanol–water partition coefficient (Wildman–Crippen LogP) is 4.27. The maximum atomic E-state index is 12.8. The van der Waals surface area contributed by atoms with Gasteiger partial charge in [-0.3, -0.25) is 0 Å². The van der Waals surface area contributed by atoms with Crippen molar-refractivity contribution in [3.8, 4) is 0 Å². The van der Waals surface area contributed by atoms with Crippen LogP contribution in [0.4, 0.5) is 19.1 Å². The summed E-state index contributed by atoms with van der Waals surface area (Å²) in [4.78, 5) is 9.59. The average Bonchev–Trinajstić information content (AvgIpc) is 2.81. The quantitative estimate of drug-likeness (QED) is 0.827. The number of benzene rings is 1. The van der Waals surface area contributed by atoms with Crippen LogP contribution in [0.25, 0.3) is 0 Å². The summed E-state index contributed by atoms with van der Waals surface area (Å²) in [6, 6.07) is 11.2. The van der Waals surface area contributed by atoms with Crippen LogP contribution in [0, 0.1) is 0 Å². The number of hydrogen-bond donors (Lipinski definition) is 0. The van der Waals surface area contributed by atoms with Gasteiger partial charge in [0.25, 0.3) is 0 Å². The molecule has 1 saturated heterocycles. The topological polar surface area (TPSA) is 29.0 Å². The van der Waals surface area contributed by atoms with Gasteiger partial charge in [-0.05, 0) is 36.8 Å². The van der Waals surface area contributed by atoms with E-state index in [1.54, 1.807) is 0 Å². The first-order chi connectivity index (χ1) is 11.0. The first kappa shape index (κ1) is 15.8. The normalized spacial score (nSPS) is 19.4. The Morgan fingerprint density at radius 3 is 2.52 bits per heavy atom. The summed E-state index contributed by atoms with van der Waals surface area (Å²) in [5.41, 5.74) is 0.408. The molecule has 2 heterocycles. The van der Waals surface area contributed by atoms with Crippen LogP contribution in [0.3, 0.4) is 0 Å². The number of aromatic nitrogens is 2. The molecule has 1 aromatic carbocycles. The Morgan fingerprint density at radius 1 is 1.00 bits per heavy atom. The molecule has 2 aromatic rings. The van der Waals surface area contributed by atoms with E-state index in [2.05, 4.69) is 22.1 Å². The van der Waals surface area contributed by atoms with Gasteiger partial charge in [0.2, 0.25) is 5.95 Å². The smallest absolute Gasteiger partial charge is 0.341 e. The molecule has 122 valence electrons. The molecule has 0 aliphatic carbocycles. The lowest BCUT2D eigenvalue weighted by Crippen LogP contribution is -2.27. The summed E-state index contributed by atoms with van der Waals surface area (Å²) in [5, 5.41) is 0. The summed E-state index contributed by atoms with van der Waals surface area (Å²) in [6.45, 7) is 1.35. The largest absolute Gasteiger partial charge is 0.433 e. The zero-order valence-corrected chi connectivity index (χ0v) is 12.6. The third kappa shape index (κ3) is 3.81. The molecule has 1 aromatic heterocycles. The van der Waals surface area contributed by atoms with Gasteiger partial charge in [-0.15, -0.1) is 0 Å². The molecule has 1 aliphatic rings. The van der Waals surface area contributed by atoms with E-state index in [9.17, 15) is 13.2 Å². The highest BCUT2D eigenvalue weighted by molar-refractivity contribution is 5.32. The van der Waals surface area contributed by atoms with Crippen LogP contribution >= 0.6 is 0 Å². The highest BCUT2D eigenvalue weighted by Crippen LogP contribution is 2.31. The van der Waals surface area contributed by atoms with Gasteiger partial charge in [0.15, 0.2) is 0 Å². The predicted molar refractivity (Wildman–Crippen MR) is 82.3 cm³/mol. The van der Waals surface area contributed by atoms with E-state index in [4.69, 9.17) is 0 Å². The molecule has 3 nitrogen and oxygen atoms in total. The van der Waals surface area contributed by atoms with E-state index < -0.39 is 11.9 Å². The van der Waals surface area contributed by atoms with E-state index in [1.807, 2.05) is 23.1 Å². The third-order valence-corrected chi connectivity index (χ3v) is 4.22. The second-order valence-corrected chi connectivity index (χ2v) is 5.77.